The molecule has 0 fully saturated rings. The minimum absolute atomic E-state index is 0.0440. The molecule has 0 aliphatic rings. The molecule has 6 nitrogen and oxygen atoms in total. The number of anilines is 2. The number of hydrogen-bond acceptors (Lipinski definition) is 5. The van der Waals surface area contributed by atoms with Crippen molar-refractivity contribution in [3.63, 3.8) is 0 Å². The van der Waals surface area contributed by atoms with Gasteiger partial charge in [0.05, 0.1) is 11.8 Å². The summed E-state index contributed by atoms with van der Waals surface area (Å²) in [6, 6.07) is 16.5. The predicted octanol–water partition coefficient (Wildman–Crippen LogP) is 4.59. The fourth-order valence-electron chi connectivity index (χ4n) is 2.49. The van der Waals surface area contributed by atoms with Crippen molar-refractivity contribution in [1.29, 1.82) is 0 Å². The van der Waals surface area contributed by atoms with E-state index in [-0.39, 0.29) is 17.7 Å². The number of rotatable bonds is 7. The summed E-state index contributed by atoms with van der Waals surface area (Å²) < 4.78 is 5.80. The van der Waals surface area contributed by atoms with E-state index in [1.165, 1.54) is 6.33 Å². The van der Waals surface area contributed by atoms with Crippen LogP contribution in [0.4, 0.5) is 11.5 Å². The highest BCUT2D eigenvalue weighted by Gasteiger charge is 2.11. The molecule has 1 aromatic heterocycles. The molecule has 0 spiro atoms. The van der Waals surface area contributed by atoms with Gasteiger partial charge in [-0.1, -0.05) is 35.9 Å². The molecule has 28 heavy (non-hydrogen) atoms. The number of aromatic nitrogens is 2. The molecule has 0 unspecified atom stereocenters. The van der Waals surface area contributed by atoms with Crippen LogP contribution < -0.4 is 15.4 Å². The molecule has 0 saturated carbocycles. The van der Waals surface area contributed by atoms with Crippen LogP contribution in [0.25, 0.3) is 0 Å². The number of nitrogens with one attached hydrogen (secondary N) is 2. The first-order valence-electron chi connectivity index (χ1n) is 8.88. The van der Waals surface area contributed by atoms with Crippen LogP contribution in [0.5, 0.6) is 5.75 Å². The monoisotopic (exact) mass is 396 g/mol. The Kier molecular flexibility index (Phi) is 6.45. The second kappa shape index (κ2) is 9.19. The van der Waals surface area contributed by atoms with Crippen LogP contribution in [0.15, 0.2) is 60.9 Å². The van der Waals surface area contributed by atoms with E-state index in [1.54, 1.807) is 18.2 Å². The summed E-state index contributed by atoms with van der Waals surface area (Å²) in [6.45, 7) is 4.31. The topological polar surface area (TPSA) is 76.1 Å². The maximum Gasteiger partial charge on any atom is 0.270 e. The van der Waals surface area contributed by atoms with Gasteiger partial charge in [0.2, 0.25) is 0 Å². The molecule has 1 amide bonds. The maximum absolute atomic E-state index is 12.4. The van der Waals surface area contributed by atoms with Gasteiger partial charge in [0.25, 0.3) is 5.91 Å². The fourth-order valence-corrected chi connectivity index (χ4v) is 2.62. The zero-order valence-corrected chi connectivity index (χ0v) is 16.4. The standard InChI is InChI=1S/C21H21ClN4O2/c1-14(2)28-19-6-4-3-5-17(19)26-20-11-18(24-13-25-20)21(27)23-12-15-7-9-16(22)10-8-15/h3-11,13-14H,12H2,1-2H3,(H,23,27)(H,24,25,26). The van der Waals surface area contributed by atoms with Gasteiger partial charge < -0.3 is 15.4 Å². The molecule has 0 aliphatic carbocycles. The second-order valence-corrected chi connectivity index (χ2v) is 6.82. The maximum atomic E-state index is 12.4. The average Bonchev–Trinajstić information content (AvgIpc) is 2.69. The van der Waals surface area contributed by atoms with E-state index >= 15 is 0 Å². The highest BCUT2D eigenvalue weighted by molar-refractivity contribution is 6.30. The minimum atomic E-state index is -0.285. The molecular formula is C21H21ClN4O2. The van der Waals surface area contributed by atoms with Gasteiger partial charge in [-0.15, -0.1) is 0 Å². The van der Waals surface area contributed by atoms with Crippen LogP contribution >= 0.6 is 11.6 Å². The number of halogens is 1. The largest absolute Gasteiger partial charge is 0.489 e. The van der Waals surface area contributed by atoms with Crippen molar-refractivity contribution in [2.24, 2.45) is 0 Å². The van der Waals surface area contributed by atoms with Gasteiger partial charge in [0.15, 0.2) is 0 Å². The van der Waals surface area contributed by atoms with Crippen molar-refractivity contribution in [2.75, 3.05) is 5.32 Å². The van der Waals surface area contributed by atoms with Crippen molar-refractivity contribution in [2.45, 2.75) is 26.5 Å². The van der Waals surface area contributed by atoms with E-state index in [0.717, 1.165) is 11.3 Å². The lowest BCUT2D eigenvalue weighted by Crippen LogP contribution is -2.24. The molecule has 0 radical (unpaired) electrons. The SMILES string of the molecule is CC(C)Oc1ccccc1Nc1cc(C(=O)NCc2ccc(Cl)cc2)ncn1. The molecule has 1 heterocycles. The lowest BCUT2D eigenvalue weighted by atomic mass is 10.2. The molecule has 3 rings (SSSR count). The average molecular weight is 397 g/mol. The minimum Gasteiger partial charge on any atom is -0.489 e. The third-order valence-electron chi connectivity index (χ3n) is 3.78. The highest BCUT2D eigenvalue weighted by atomic mass is 35.5. The zero-order chi connectivity index (χ0) is 19.9. The predicted molar refractivity (Wildman–Crippen MR) is 110 cm³/mol. The highest BCUT2D eigenvalue weighted by Crippen LogP contribution is 2.27. The Morgan fingerprint density at radius 3 is 2.61 bits per heavy atom. The molecule has 7 heteroatoms. The Bertz CT molecular complexity index is 945. The molecule has 3 aromatic rings. The fraction of sp³-hybridized carbons (Fsp3) is 0.190. The Balaban J connectivity index is 1.68. The second-order valence-electron chi connectivity index (χ2n) is 6.39. The van der Waals surface area contributed by atoms with E-state index in [2.05, 4.69) is 20.6 Å². The van der Waals surface area contributed by atoms with Gasteiger partial charge in [-0.05, 0) is 43.7 Å². The van der Waals surface area contributed by atoms with E-state index in [0.29, 0.717) is 23.1 Å². The van der Waals surface area contributed by atoms with E-state index in [9.17, 15) is 4.79 Å². The summed E-state index contributed by atoms with van der Waals surface area (Å²) >= 11 is 5.87. The normalized spacial score (nSPS) is 10.6. The molecule has 0 aliphatic heterocycles. The van der Waals surface area contributed by atoms with Crippen LogP contribution in [0.3, 0.4) is 0 Å². The van der Waals surface area contributed by atoms with Gasteiger partial charge in [-0.3, -0.25) is 4.79 Å². The summed E-state index contributed by atoms with van der Waals surface area (Å²) in [5, 5.41) is 6.68. The van der Waals surface area contributed by atoms with Crippen LogP contribution in [-0.4, -0.2) is 22.0 Å². The lowest BCUT2D eigenvalue weighted by molar-refractivity contribution is 0.0946. The number of para-hydroxylation sites is 2. The lowest BCUT2D eigenvalue weighted by Gasteiger charge is -2.15. The van der Waals surface area contributed by atoms with Crippen molar-refractivity contribution in [1.82, 2.24) is 15.3 Å². The number of amides is 1. The molecular weight excluding hydrogens is 376 g/mol. The Labute approximate surface area is 168 Å². The first-order valence-corrected chi connectivity index (χ1v) is 9.26. The smallest absolute Gasteiger partial charge is 0.270 e. The van der Waals surface area contributed by atoms with Crippen LogP contribution in [0, 0.1) is 0 Å². The molecule has 144 valence electrons. The van der Waals surface area contributed by atoms with Gasteiger partial charge in [-0.2, -0.15) is 0 Å². The first kappa shape index (κ1) is 19.6. The summed E-state index contributed by atoms with van der Waals surface area (Å²) in [7, 11) is 0. The number of hydrogen-bond donors (Lipinski definition) is 2. The van der Waals surface area contributed by atoms with Crippen molar-refractivity contribution in [3.8, 4) is 5.75 Å². The summed E-state index contributed by atoms with van der Waals surface area (Å²) in [5.74, 6) is 0.934. The summed E-state index contributed by atoms with van der Waals surface area (Å²) in [6.07, 6.45) is 1.40. The summed E-state index contributed by atoms with van der Waals surface area (Å²) in [5.41, 5.74) is 1.99. The zero-order valence-electron chi connectivity index (χ0n) is 15.6. The first-order chi connectivity index (χ1) is 13.5. The Hall–Kier alpha value is -3.12. The Morgan fingerprint density at radius 1 is 1.11 bits per heavy atom. The molecule has 2 N–H and O–H groups in total. The number of ether oxygens (including phenoxy) is 1. The third-order valence-corrected chi connectivity index (χ3v) is 4.03. The van der Waals surface area contributed by atoms with E-state index < -0.39 is 0 Å². The molecule has 0 atom stereocenters. The van der Waals surface area contributed by atoms with E-state index in [4.69, 9.17) is 16.3 Å². The van der Waals surface area contributed by atoms with Gasteiger partial charge in [0, 0.05) is 17.6 Å². The van der Waals surface area contributed by atoms with Crippen LogP contribution in [-0.2, 0) is 6.54 Å². The van der Waals surface area contributed by atoms with Crippen LogP contribution in [0.2, 0.25) is 5.02 Å². The number of carbonyl (C=O) groups excluding carboxylic acids is 1. The number of carbonyl (C=O) groups is 1. The number of benzene rings is 2. The molecule has 2 aromatic carbocycles. The summed E-state index contributed by atoms with van der Waals surface area (Å²) in [4.78, 5) is 20.7. The molecule has 0 bridgehead atoms. The van der Waals surface area contributed by atoms with Crippen molar-refractivity contribution < 1.29 is 9.53 Å². The van der Waals surface area contributed by atoms with Gasteiger partial charge >= 0.3 is 0 Å². The van der Waals surface area contributed by atoms with Crippen molar-refractivity contribution in [3.05, 3.63) is 77.2 Å². The van der Waals surface area contributed by atoms with E-state index in [1.807, 2.05) is 50.2 Å². The quantitative estimate of drug-likeness (QED) is 0.610. The van der Waals surface area contributed by atoms with Gasteiger partial charge in [0.1, 0.15) is 23.6 Å². The molecule has 0 saturated heterocycles. The van der Waals surface area contributed by atoms with Crippen LogP contribution in [0.1, 0.15) is 29.9 Å². The number of nitrogens with zero attached hydrogens (tertiary/aromatic N) is 2. The Morgan fingerprint density at radius 2 is 1.86 bits per heavy atom. The van der Waals surface area contributed by atoms with Crippen molar-refractivity contribution >= 4 is 29.0 Å². The van der Waals surface area contributed by atoms with Gasteiger partial charge in [-0.25, -0.2) is 9.97 Å². The third kappa shape index (κ3) is 5.44.